The zero-order chi connectivity index (χ0) is 21.1. The van der Waals surface area contributed by atoms with Crippen molar-refractivity contribution < 1.29 is 9.13 Å². The number of aryl methyl sites for hydroxylation is 1. The molecule has 1 fully saturated rings. The van der Waals surface area contributed by atoms with Crippen LogP contribution in [0.5, 0.6) is 0 Å². The minimum atomic E-state index is -0.317. The first-order valence-corrected chi connectivity index (χ1v) is 10.5. The Morgan fingerprint density at radius 2 is 1.83 bits per heavy atom. The van der Waals surface area contributed by atoms with Gasteiger partial charge in [0.2, 0.25) is 0 Å². The Morgan fingerprint density at radius 3 is 2.53 bits per heavy atom. The molecule has 1 aliphatic heterocycles. The summed E-state index contributed by atoms with van der Waals surface area (Å²) in [5.41, 5.74) is 2.38. The number of methoxy groups -OCH3 is 1. The molecular formula is C21H26ClFN6O. The Morgan fingerprint density at radius 1 is 1.07 bits per heavy atom. The lowest BCUT2D eigenvalue weighted by Gasteiger charge is -2.34. The zero-order valence-corrected chi connectivity index (χ0v) is 18.1. The second-order valence-electron chi connectivity index (χ2n) is 7.34. The predicted molar refractivity (Wildman–Crippen MR) is 117 cm³/mol. The van der Waals surface area contributed by atoms with Crippen molar-refractivity contribution in [1.29, 1.82) is 0 Å². The number of hydrogen-bond donors (Lipinski definition) is 0. The molecule has 0 N–H and O–H groups in total. The molecule has 9 heteroatoms. The maximum absolute atomic E-state index is 12.7. The van der Waals surface area contributed by atoms with Gasteiger partial charge in [-0.25, -0.2) is 19.3 Å². The van der Waals surface area contributed by atoms with Crippen LogP contribution in [0, 0.1) is 6.92 Å². The summed E-state index contributed by atoms with van der Waals surface area (Å²) in [7, 11) is 1.68. The summed E-state index contributed by atoms with van der Waals surface area (Å²) >= 11 is 6.49. The quantitative estimate of drug-likeness (QED) is 0.571. The number of fused-ring (bicyclic) bond motifs is 1. The first-order valence-electron chi connectivity index (χ1n) is 10.1. The normalized spacial score (nSPS) is 15.3. The van der Waals surface area contributed by atoms with Crippen molar-refractivity contribution in [2.75, 3.05) is 58.0 Å². The molecule has 3 heterocycles. The van der Waals surface area contributed by atoms with Crippen LogP contribution in [-0.4, -0.2) is 77.5 Å². The fourth-order valence-corrected chi connectivity index (χ4v) is 4.08. The van der Waals surface area contributed by atoms with E-state index in [1.54, 1.807) is 7.11 Å². The Hall–Kier alpha value is -2.29. The van der Waals surface area contributed by atoms with Crippen LogP contribution in [-0.2, 0) is 11.3 Å². The van der Waals surface area contributed by atoms with Crippen molar-refractivity contribution in [3.05, 3.63) is 35.1 Å². The fourth-order valence-electron chi connectivity index (χ4n) is 3.86. The Bertz CT molecular complexity index is 1020. The molecule has 2 aromatic heterocycles. The summed E-state index contributed by atoms with van der Waals surface area (Å²) < 4.78 is 20.1. The standard InChI is InChI=1S/C21H26ClFN6O/c1-15-24-20(28-11-9-27(8-7-23)10-12-28)18-21(25-15)29(13-14-30-2)19(26-18)16-5-3-4-6-17(16)22/h3-6H,7-14H2,1-2H3. The minimum Gasteiger partial charge on any atom is -0.383 e. The third kappa shape index (κ3) is 4.12. The number of piperazine rings is 1. The molecule has 7 nitrogen and oxygen atoms in total. The van der Waals surface area contributed by atoms with Gasteiger partial charge in [-0.15, -0.1) is 0 Å². The monoisotopic (exact) mass is 432 g/mol. The van der Waals surface area contributed by atoms with Crippen LogP contribution in [0.1, 0.15) is 5.82 Å². The van der Waals surface area contributed by atoms with Crippen LogP contribution < -0.4 is 4.90 Å². The van der Waals surface area contributed by atoms with E-state index in [4.69, 9.17) is 31.3 Å². The van der Waals surface area contributed by atoms with Gasteiger partial charge in [0.05, 0.1) is 11.6 Å². The van der Waals surface area contributed by atoms with Gasteiger partial charge in [0.15, 0.2) is 17.0 Å². The van der Waals surface area contributed by atoms with Crippen LogP contribution in [0.25, 0.3) is 22.6 Å². The fraction of sp³-hybridized carbons (Fsp3) is 0.476. The van der Waals surface area contributed by atoms with Crippen LogP contribution in [0.3, 0.4) is 0 Å². The van der Waals surface area contributed by atoms with Crippen molar-refractivity contribution in [1.82, 2.24) is 24.4 Å². The first-order chi connectivity index (χ1) is 14.6. The third-order valence-corrected chi connectivity index (χ3v) is 5.72. The second-order valence-corrected chi connectivity index (χ2v) is 7.75. The Balaban J connectivity index is 1.80. The zero-order valence-electron chi connectivity index (χ0n) is 17.3. The topological polar surface area (TPSA) is 59.3 Å². The second kappa shape index (κ2) is 9.24. The molecule has 0 atom stereocenters. The van der Waals surface area contributed by atoms with Crippen LogP contribution in [0.15, 0.2) is 24.3 Å². The van der Waals surface area contributed by atoms with E-state index in [1.807, 2.05) is 31.2 Å². The summed E-state index contributed by atoms with van der Waals surface area (Å²) in [6, 6.07) is 7.67. The summed E-state index contributed by atoms with van der Waals surface area (Å²) in [5.74, 6) is 2.26. The molecule has 0 spiro atoms. The smallest absolute Gasteiger partial charge is 0.166 e. The van der Waals surface area contributed by atoms with Gasteiger partial charge >= 0.3 is 0 Å². The Labute approximate surface area is 180 Å². The van der Waals surface area contributed by atoms with E-state index in [0.29, 0.717) is 30.5 Å². The molecule has 0 unspecified atom stereocenters. The van der Waals surface area contributed by atoms with E-state index < -0.39 is 0 Å². The highest BCUT2D eigenvalue weighted by Crippen LogP contribution is 2.33. The summed E-state index contributed by atoms with van der Waals surface area (Å²) in [5, 5.41) is 0.637. The minimum absolute atomic E-state index is 0.317. The molecule has 30 heavy (non-hydrogen) atoms. The van der Waals surface area contributed by atoms with Gasteiger partial charge in [-0.2, -0.15) is 0 Å². The molecular weight excluding hydrogens is 407 g/mol. The van der Waals surface area contributed by atoms with Gasteiger partial charge in [-0.3, -0.25) is 4.90 Å². The summed E-state index contributed by atoms with van der Waals surface area (Å²) in [6.07, 6.45) is 0. The number of imidazole rings is 1. The lowest BCUT2D eigenvalue weighted by atomic mass is 10.2. The van der Waals surface area contributed by atoms with E-state index in [-0.39, 0.29) is 6.67 Å². The molecule has 0 amide bonds. The van der Waals surface area contributed by atoms with E-state index in [2.05, 4.69) is 14.4 Å². The highest BCUT2D eigenvalue weighted by molar-refractivity contribution is 6.33. The molecule has 3 aromatic rings. The lowest BCUT2D eigenvalue weighted by molar-refractivity contribution is 0.188. The molecule has 0 saturated carbocycles. The first kappa shape index (κ1) is 21.0. The average Bonchev–Trinajstić information content (AvgIpc) is 3.11. The molecule has 1 aromatic carbocycles. The van der Waals surface area contributed by atoms with Gasteiger partial charge < -0.3 is 14.2 Å². The number of hydrogen-bond acceptors (Lipinski definition) is 6. The molecule has 1 aliphatic rings. The molecule has 160 valence electrons. The highest BCUT2D eigenvalue weighted by atomic mass is 35.5. The number of benzene rings is 1. The number of alkyl halides is 1. The van der Waals surface area contributed by atoms with Gasteiger partial charge in [0.25, 0.3) is 0 Å². The average molecular weight is 433 g/mol. The Kier molecular flexibility index (Phi) is 6.46. The number of ether oxygens (including phenoxy) is 1. The van der Waals surface area contributed by atoms with E-state index in [9.17, 15) is 4.39 Å². The summed E-state index contributed by atoms with van der Waals surface area (Å²) in [4.78, 5) is 18.7. The maximum Gasteiger partial charge on any atom is 0.166 e. The number of anilines is 1. The molecule has 0 bridgehead atoms. The van der Waals surface area contributed by atoms with Crippen LogP contribution >= 0.6 is 11.6 Å². The van der Waals surface area contributed by atoms with Crippen molar-refractivity contribution >= 4 is 28.6 Å². The van der Waals surface area contributed by atoms with Crippen LogP contribution in [0.2, 0.25) is 5.02 Å². The molecule has 4 rings (SSSR count). The van der Waals surface area contributed by atoms with Crippen molar-refractivity contribution in [2.45, 2.75) is 13.5 Å². The lowest BCUT2D eigenvalue weighted by Crippen LogP contribution is -2.47. The van der Waals surface area contributed by atoms with Crippen molar-refractivity contribution in [2.24, 2.45) is 0 Å². The van der Waals surface area contributed by atoms with Crippen LogP contribution in [0.4, 0.5) is 10.2 Å². The van der Waals surface area contributed by atoms with E-state index >= 15 is 0 Å². The van der Waals surface area contributed by atoms with Crippen molar-refractivity contribution in [3.63, 3.8) is 0 Å². The SMILES string of the molecule is COCCn1c(-c2ccccc2Cl)nc2c(N3CCN(CCF)CC3)nc(C)nc21. The molecule has 0 radical (unpaired) electrons. The number of aromatic nitrogens is 4. The van der Waals surface area contributed by atoms with Gasteiger partial charge in [0, 0.05) is 51.9 Å². The number of nitrogens with zero attached hydrogens (tertiary/aromatic N) is 6. The number of rotatable bonds is 7. The molecule has 0 aliphatic carbocycles. The highest BCUT2D eigenvalue weighted by Gasteiger charge is 2.25. The van der Waals surface area contributed by atoms with Gasteiger partial charge in [-0.1, -0.05) is 23.7 Å². The van der Waals surface area contributed by atoms with Gasteiger partial charge in [0.1, 0.15) is 18.3 Å². The van der Waals surface area contributed by atoms with Crippen molar-refractivity contribution in [3.8, 4) is 11.4 Å². The third-order valence-electron chi connectivity index (χ3n) is 5.39. The molecule has 1 saturated heterocycles. The summed E-state index contributed by atoms with van der Waals surface area (Å²) in [6.45, 7) is 6.35. The number of halogens is 2. The largest absolute Gasteiger partial charge is 0.383 e. The van der Waals surface area contributed by atoms with Gasteiger partial charge in [-0.05, 0) is 19.1 Å². The van der Waals surface area contributed by atoms with E-state index in [1.165, 1.54) is 0 Å². The maximum atomic E-state index is 12.7. The van der Waals surface area contributed by atoms with E-state index in [0.717, 1.165) is 54.5 Å². The predicted octanol–water partition coefficient (Wildman–Crippen LogP) is 3.19.